The van der Waals surface area contributed by atoms with Crippen molar-refractivity contribution in [3.8, 4) is 17.2 Å². The number of carbonyl (C=O) groups excluding carboxylic acids is 1. The number of amides is 1. The first kappa shape index (κ1) is 14.6. The number of hydrogen-bond donors (Lipinski definition) is 0. The van der Waals surface area contributed by atoms with Gasteiger partial charge in [0, 0.05) is 17.7 Å². The van der Waals surface area contributed by atoms with Crippen molar-refractivity contribution in [2.75, 3.05) is 6.54 Å². The molecule has 5 heteroatoms. The van der Waals surface area contributed by atoms with E-state index in [1.54, 1.807) is 16.2 Å². The van der Waals surface area contributed by atoms with Crippen molar-refractivity contribution in [1.29, 1.82) is 5.26 Å². The SMILES string of the molecule is C=C(C#N)CN1Cc2c(cccc2-c2ccc3scnc3c2)C1=O. The lowest BCUT2D eigenvalue weighted by Crippen LogP contribution is -2.25. The summed E-state index contributed by atoms with van der Waals surface area (Å²) in [6.45, 7) is 4.45. The highest BCUT2D eigenvalue weighted by atomic mass is 32.1. The largest absolute Gasteiger partial charge is 0.329 e. The van der Waals surface area contributed by atoms with Gasteiger partial charge in [-0.15, -0.1) is 11.3 Å². The molecule has 1 aromatic heterocycles. The predicted molar refractivity (Wildman–Crippen MR) is 94.5 cm³/mol. The van der Waals surface area contributed by atoms with Crippen molar-refractivity contribution in [2.45, 2.75) is 6.54 Å². The van der Waals surface area contributed by atoms with Gasteiger partial charge < -0.3 is 4.90 Å². The van der Waals surface area contributed by atoms with E-state index in [0.717, 1.165) is 26.9 Å². The van der Waals surface area contributed by atoms with Gasteiger partial charge in [-0.3, -0.25) is 4.79 Å². The maximum Gasteiger partial charge on any atom is 0.254 e. The van der Waals surface area contributed by atoms with Crippen LogP contribution in [0.15, 0.2) is 54.1 Å². The molecule has 24 heavy (non-hydrogen) atoms. The number of aromatic nitrogens is 1. The lowest BCUT2D eigenvalue weighted by Gasteiger charge is -2.14. The molecule has 0 atom stereocenters. The van der Waals surface area contributed by atoms with Crippen molar-refractivity contribution in [3.05, 3.63) is 65.2 Å². The van der Waals surface area contributed by atoms with Crippen LogP contribution in [0.1, 0.15) is 15.9 Å². The van der Waals surface area contributed by atoms with Crippen LogP contribution >= 0.6 is 11.3 Å². The topological polar surface area (TPSA) is 57.0 Å². The van der Waals surface area contributed by atoms with Crippen LogP contribution in [0.3, 0.4) is 0 Å². The summed E-state index contributed by atoms with van der Waals surface area (Å²) in [5, 5.41) is 8.92. The molecule has 0 saturated carbocycles. The quantitative estimate of drug-likeness (QED) is 0.682. The van der Waals surface area contributed by atoms with Gasteiger partial charge in [0.1, 0.15) is 0 Å². The molecule has 1 aliphatic rings. The Morgan fingerprint density at radius 3 is 3.00 bits per heavy atom. The Hall–Kier alpha value is -2.97. The van der Waals surface area contributed by atoms with E-state index >= 15 is 0 Å². The van der Waals surface area contributed by atoms with Crippen molar-refractivity contribution >= 4 is 27.5 Å². The van der Waals surface area contributed by atoms with Crippen LogP contribution in [0, 0.1) is 11.3 Å². The van der Waals surface area contributed by atoms with E-state index in [2.05, 4.69) is 29.8 Å². The average Bonchev–Trinajstić information content (AvgIpc) is 3.19. The van der Waals surface area contributed by atoms with Crippen LogP contribution in [-0.2, 0) is 6.54 Å². The number of nitriles is 1. The third-order valence-electron chi connectivity index (χ3n) is 4.22. The molecule has 0 spiro atoms. The van der Waals surface area contributed by atoms with Gasteiger partial charge >= 0.3 is 0 Å². The second-order valence-electron chi connectivity index (χ2n) is 5.74. The molecule has 4 nitrogen and oxygen atoms in total. The molecule has 0 bridgehead atoms. The van der Waals surface area contributed by atoms with E-state index in [4.69, 9.17) is 5.26 Å². The Morgan fingerprint density at radius 1 is 1.33 bits per heavy atom. The Bertz CT molecular complexity index is 1030. The summed E-state index contributed by atoms with van der Waals surface area (Å²) < 4.78 is 1.15. The zero-order valence-corrected chi connectivity index (χ0v) is 13.6. The molecule has 2 heterocycles. The summed E-state index contributed by atoms with van der Waals surface area (Å²) in [5.74, 6) is -0.0435. The molecule has 1 amide bonds. The van der Waals surface area contributed by atoms with Gasteiger partial charge in [-0.2, -0.15) is 5.26 Å². The van der Waals surface area contributed by atoms with Gasteiger partial charge in [0.05, 0.1) is 28.3 Å². The zero-order valence-electron chi connectivity index (χ0n) is 12.8. The van der Waals surface area contributed by atoms with Gasteiger partial charge in [-0.25, -0.2) is 4.98 Å². The van der Waals surface area contributed by atoms with E-state index in [0.29, 0.717) is 17.7 Å². The fraction of sp³-hybridized carbons (Fsp3) is 0.105. The van der Waals surface area contributed by atoms with Crippen molar-refractivity contribution < 1.29 is 4.79 Å². The van der Waals surface area contributed by atoms with E-state index in [1.807, 2.05) is 29.8 Å². The summed E-state index contributed by atoms with van der Waals surface area (Å²) in [6, 6.07) is 14.0. The zero-order chi connectivity index (χ0) is 16.7. The van der Waals surface area contributed by atoms with Gasteiger partial charge in [0.2, 0.25) is 0 Å². The average molecular weight is 331 g/mol. The number of benzene rings is 2. The third-order valence-corrected chi connectivity index (χ3v) is 5.03. The molecule has 0 radical (unpaired) electrons. The number of thiazole rings is 1. The molecule has 0 aliphatic carbocycles. The summed E-state index contributed by atoms with van der Waals surface area (Å²) in [5.41, 5.74) is 7.00. The molecule has 1 aliphatic heterocycles. The molecular weight excluding hydrogens is 318 g/mol. The Balaban J connectivity index is 1.77. The Kier molecular flexibility index (Phi) is 3.40. The molecule has 3 aromatic rings. The molecule has 0 fully saturated rings. The second-order valence-corrected chi connectivity index (χ2v) is 6.63. The number of fused-ring (bicyclic) bond motifs is 2. The summed E-state index contributed by atoms with van der Waals surface area (Å²) >= 11 is 1.61. The van der Waals surface area contributed by atoms with Crippen LogP contribution in [0.5, 0.6) is 0 Å². The maximum atomic E-state index is 12.6. The molecule has 0 saturated heterocycles. The van der Waals surface area contributed by atoms with Crippen LogP contribution in [0.25, 0.3) is 21.3 Å². The van der Waals surface area contributed by atoms with E-state index in [1.165, 1.54) is 0 Å². The van der Waals surface area contributed by atoms with Crippen LogP contribution in [0.2, 0.25) is 0 Å². The number of rotatable bonds is 3. The van der Waals surface area contributed by atoms with E-state index in [9.17, 15) is 4.79 Å². The fourth-order valence-corrected chi connectivity index (χ4v) is 3.74. The maximum absolute atomic E-state index is 12.6. The second kappa shape index (κ2) is 5.59. The van der Waals surface area contributed by atoms with Gasteiger partial charge in [0.15, 0.2) is 0 Å². The van der Waals surface area contributed by atoms with Gasteiger partial charge in [0.25, 0.3) is 5.91 Å². The Morgan fingerprint density at radius 2 is 2.17 bits per heavy atom. The highest BCUT2D eigenvalue weighted by Crippen LogP contribution is 2.34. The van der Waals surface area contributed by atoms with Crippen molar-refractivity contribution in [2.24, 2.45) is 0 Å². The minimum Gasteiger partial charge on any atom is -0.329 e. The third kappa shape index (κ3) is 2.29. The fourth-order valence-electron chi connectivity index (χ4n) is 3.08. The monoisotopic (exact) mass is 331 g/mol. The lowest BCUT2D eigenvalue weighted by atomic mass is 9.97. The predicted octanol–water partition coefficient (Wildman–Crippen LogP) is 4.00. The van der Waals surface area contributed by atoms with Crippen LogP contribution < -0.4 is 0 Å². The normalized spacial score (nSPS) is 13.1. The summed E-state index contributed by atoms with van der Waals surface area (Å²) in [7, 11) is 0. The Labute approximate surface area is 143 Å². The highest BCUT2D eigenvalue weighted by Gasteiger charge is 2.29. The minimum atomic E-state index is -0.0435. The van der Waals surface area contributed by atoms with E-state index in [-0.39, 0.29) is 12.5 Å². The smallest absolute Gasteiger partial charge is 0.254 e. The number of nitrogens with zero attached hydrogens (tertiary/aromatic N) is 3. The van der Waals surface area contributed by atoms with Crippen molar-refractivity contribution in [1.82, 2.24) is 9.88 Å². The summed E-state index contributed by atoms with van der Waals surface area (Å²) in [4.78, 5) is 18.6. The number of carbonyl (C=O) groups is 1. The van der Waals surface area contributed by atoms with E-state index < -0.39 is 0 Å². The van der Waals surface area contributed by atoms with Crippen molar-refractivity contribution in [3.63, 3.8) is 0 Å². The molecule has 116 valence electrons. The molecule has 0 unspecified atom stereocenters. The molecular formula is C19H13N3OS. The number of hydrogen-bond acceptors (Lipinski definition) is 4. The van der Waals surface area contributed by atoms with Gasteiger partial charge in [-0.1, -0.05) is 24.8 Å². The first-order chi connectivity index (χ1) is 11.7. The van der Waals surface area contributed by atoms with Crippen LogP contribution in [0.4, 0.5) is 0 Å². The molecule has 2 aromatic carbocycles. The lowest BCUT2D eigenvalue weighted by molar-refractivity contribution is 0.0794. The summed E-state index contributed by atoms with van der Waals surface area (Å²) in [6.07, 6.45) is 0. The van der Waals surface area contributed by atoms with Gasteiger partial charge in [-0.05, 0) is 34.9 Å². The standard InChI is InChI=1S/C19H13N3OS/c1-12(8-20)9-22-10-16-14(3-2-4-15(16)19(22)23)13-5-6-18-17(7-13)21-11-24-18/h2-7,11H,1,9-10H2. The first-order valence-corrected chi connectivity index (χ1v) is 8.38. The first-order valence-electron chi connectivity index (χ1n) is 7.50. The molecule has 4 rings (SSSR count). The van der Waals surface area contributed by atoms with Crippen LogP contribution in [-0.4, -0.2) is 22.3 Å². The molecule has 0 N–H and O–H groups in total. The minimum absolute atomic E-state index is 0.0435. The highest BCUT2D eigenvalue weighted by molar-refractivity contribution is 7.16.